The smallest absolute Gasteiger partial charge is 0.193 e. The molecule has 128 valence electrons. The van der Waals surface area contributed by atoms with Crippen LogP contribution in [0.15, 0.2) is 4.99 Å². The zero-order chi connectivity index (χ0) is 15.8. The Morgan fingerprint density at radius 1 is 1.32 bits per heavy atom. The molecule has 0 amide bonds. The molecule has 2 N–H and O–H groups in total. The molecule has 2 aliphatic heterocycles. The lowest BCUT2D eigenvalue weighted by Gasteiger charge is -2.38. The second-order valence-electron chi connectivity index (χ2n) is 6.59. The number of aliphatic imine (C=N–C) groups is 1. The Balaban J connectivity index is 1.82. The van der Waals surface area contributed by atoms with Crippen LogP contribution in [0.5, 0.6) is 0 Å². The fourth-order valence-electron chi connectivity index (χ4n) is 2.85. The van der Waals surface area contributed by atoms with Crippen LogP contribution in [-0.4, -0.2) is 75.7 Å². The van der Waals surface area contributed by atoms with Crippen molar-refractivity contribution >= 4 is 5.96 Å². The Morgan fingerprint density at radius 2 is 2.05 bits per heavy atom. The molecule has 6 heteroatoms. The molecular formula is C16H31N3O3. The molecule has 2 heterocycles. The fraction of sp³-hybridized carbons (Fsp3) is 0.938. The first-order chi connectivity index (χ1) is 10.7. The Bertz CT molecular complexity index is 347. The molecule has 2 rings (SSSR count). The van der Waals surface area contributed by atoms with E-state index in [1.165, 1.54) is 19.3 Å². The number of nitrogens with one attached hydrogen (secondary N) is 1. The van der Waals surface area contributed by atoms with Gasteiger partial charge in [-0.15, -0.1) is 0 Å². The molecule has 0 atom stereocenters. The number of rotatable bonds is 7. The minimum atomic E-state index is -0.164. The molecule has 0 bridgehead atoms. The molecule has 0 aromatic rings. The van der Waals surface area contributed by atoms with Gasteiger partial charge in [-0.2, -0.15) is 0 Å². The Kier molecular flexibility index (Phi) is 6.92. The topological polar surface area (TPSA) is 66.3 Å². The van der Waals surface area contributed by atoms with Crippen molar-refractivity contribution < 1.29 is 14.6 Å². The largest absolute Gasteiger partial charge is 0.396 e. The maximum atomic E-state index is 9.50. The fourth-order valence-corrected chi connectivity index (χ4v) is 2.85. The highest BCUT2D eigenvalue weighted by atomic mass is 16.5. The van der Waals surface area contributed by atoms with Crippen LogP contribution in [0.2, 0.25) is 0 Å². The number of aliphatic hydroxyl groups excluding tert-OH is 1. The predicted molar refractivity (Wildman–Crippen MR) is 87.1 cm³/mol. The van der Waals surface area contributed by atoms with Gasteiger partial charge in [-0.3, -0.25) is 4.99 Å². The SMILES string of the molecule is CCNC(=NCC1(CO)COC1)N(C)CCC1CCOCC1. The summed E-state index contributed by atoms with van der Waals surface area (Å²) in [6.07, 6.45) is 3.53. The van der Waals surface area contributed by atoms with Crippen LogP contribution in [-0.2, 0) is 9.47 Å². The molecule has 0 radical (unpaired) electrons. The minimum Gasteiger partial charge on any atom is -0.396 e. The van der Waals surface area contributed by atoms with Gasteiger partial charge in [0.05, 0.1) is 31.8 Å². The average Bonchev–Trinajstić information content (AvgIpc) is 2.52. The summed E-state index contributed by atoms with van der Waals surface area (Å²) in [7, 11) is 2.09. The Hall–Kier alpha value is -0.850. The van der Waals surface area contributed by atoms with E-state index in [-0.39, 0.29) is 12.0 Å². The number of guanidine groups is 1. The first kappa shape index (κ1) is 17.5. The summed E-state index contributed by atoms with van der Waals surface area (Å²) in [4.78, 5) is 6.91. The van der Waals surface area contributed by atoms with Crippen LogP contribution in [0, 0.1) is 11.3 Å². The van der Waals surface area contributed by atoms with E-state index >= 15 is 0 Å². The number of ether oxygens (including phenoxy) is 2. The summed E-state index contributed by atoms with van der Waals surface area (Å²) in [5, 5.41) is 12.8. The van der Waals surface area contributed by atoms with Gasteiger partial charge >= 0.3 is 0 Å². The molecule has 0 aliphatic carbocycles. The molecule has 0 saturated carbocycles. The van der Waals surface area contributed by atoms with Crippen molar-refractivity contribution in [1.82, 2.24) is 10.2 Å². The van der Waals surface area contributed by atoms with E-state index in [1.807, 2.05) is 0 Å². The van der Waals surface area contributed by atoms with E-state index in [2.05, 4.69) is 24.2 Å². The van der Waals surface area contributed by atoms with Gasteiger partial charge in [0.25, 0.3) is 0 Å². The van der Waals surface area contributed by atoms with Gasteiger partial charge in [0.15, 0.2) is 5.96 Å². The van der Waals surface area contributed by atoms with Gasteiger partial charge in [0.1, 0.15) is 0 Å². The monoisotopic (exact) mass is 313 g/mol. The molecule has 6 nitrogen and oxygen atoms in total. The van der Waals surface area contributed by atoms with Crippen molar-refractivity contribution in [2.75, 3.05) is 59.7 Å². The summed E-state index contributed by atoms with van der Waals surface area (Å²) in [6.45, 7) is 7.72. The summed E-state index contributed by atoms with van der Waals surface area (Å²) in [5.41, 5.74) is -0.164. The highest BCUT2D eigenvalue weighted by Crippen LogP contribution is 2.27. The third kappa shape index (κ3) is 4.83. The van der Waals surface area contributed by atoms with Crippen molar-refractivity contribution in [3.8, 4) is 0 Å². The van der Waals surface area contributed by atoms with Crippen molar-refractivity contribution in [3.05, 3.63) is 0 Å². The van der Waals surface area contributed by atoms with Crippen molar-refractivity contribution in [3.63, 3.8) is 0 Å². The predicted octanol–water partition coefficient (Wildman–Crippen LogP) is 0.709. The molecular weight excluding hydrogens is 282 g/mol. The molecule has 2 aliphatic rings. The van der Waals surface area contributed by atoms with Crippen molar-refractivity contribution in [2.24, 2.45) is 16.3 Å². The van der Waals surface area contributed by atoms with E-state index in [0.29, 0.717) is 19.8 Å². The third-order valence-corrected chi connectivity index (χ3v) is 4.63. The van der Waals surface area contributed by atoms with E-state index in [0.717, 1.165) is 38.2 Å². The Labute approximate surface area is 133 Å². The van der Waals surface area contributed by atoms with Gasteiger partial charge < -0.3 is 24.8 Å². The number of hydrogen-bond donors (Lipinski definition) is 2. The van der Waals surface area contributed by atoms with Crippen molar-refractivity contribution in [2.45, 2.75) is 26.2 Å². The first-order valence-corrected chi connectivity index (χ1v) is 8.45. The molecule has 0 unspecified atom stereocenters. The first-order valence-electron chi connectivity index (χ1n) is 8.45. The minimum absolute atomic E-state index is 0.141. The molecule has 0 spiro atoms. The molecule has 0 aromatic carbocycles. The lowest BCUT2D eigenvalue weighted by Crippen LogP contribution is -2.49. The Morgan fingerprint density at radius 3 is 2.59 bits per heavy atom. The van der Waals surface area contributed by atoms with Gasteiger partial charge in [-0.1, -0.05) is 0 Å². The standard InChI is InChI=1S/C16H31N3O3/c1-3-17-15(18-10-16(11-20)12-22-13-16)19(2)7-4-14-5-8-21-9-6-14/h14,20H,3-13H2,1-2H3,(H,17,18). The lowest BCUT2D eigenvalue weighted by molar-refractivity contribution is -0.130. The van der Waals surface area contributed by atoms with Gasteiger partial charge in [-0.05, 0) is 32.1 Å². The molecule has 22 heavy (non-hydrogen) atoms. The number of hydrogen-bond acceptors (Lipinski definition) is 4. The molecule has 0 aromatic heterocycles. The summed E-state index contributed by atoms with van der Waals surface area (Å²) in [5.74, 6) is 1.69. The summed E-state index contributed by atoms with van der Waals surface area (Å²) >= 11 is 0. The normalized spacial score (nSPS) is 22.2. The zero-order valence-electron chi connectivity index (χ0n) is 14.0. The average molecular weight is 313 g/mol. The highest BCUT2D eigenvalue weighted by molar-refractivity contribution is 5.79. The quantitative estimate of drug-likeness (QED) is 0.535. The lowest BCUT2D eigenvalue weighted by atomic mass is 9.87. The zero-order valence-corrected chi connectivity index (χ0v) is 14.0. The van der Waals surface area contributed by atoms with Crippen molar-refractivity contribution in [1.29, 1.82) is 0 Å². The second kappa shape index (κ2) is 8.70. The van der Waals surface area contributed by atoms with Crippen LogP contribution in [0.25, 0.3) is 0 Å². The molecule has 2 saturated heterocycles. The van der Waals surface area contributed by atoms with Crippen LogP contribution in [0.1, 0.15) is 26.2 Å². The third-order valence-electron chi connectivity index (χ3n) is 4.63. The maximum Gasteiger partial charge on any atom is 0.193 e. The van der Waals surface area contributed by atoms with Crippen LogP contribution in [0.4, 0.5) is 0 Å². The number of nitrogens with zero attached hydrogens (tertiary/aromatic N) is 2. The number of aliphatic hydroxyl groups is 1. The van der Waals surface area contributed by atoms with Crippen LogP contribution >= 0.6 is 0 Å². The van der Waals surface area contributed by atoms with Crippen LogP contribution < -0.4 is 5.32 Å². The van der Waals surface area contributed by atoms with E-state index in [9.17, 15) is 5.11 Å². The highest BCUT2D eigenvalue weighted by Gasteiger charge is 2.38. The van der Waals surface area contributed by atoms with Gasteiger partial charge in [-0.25, -0.2) is 0 Å². The van der Waals surface area contributed by atoms with E-state index in [4.69, 9.17) is 14.5 Å². The maximum absolute atomic E-state index is 9.50. The second-order valence-corrected chi connectivity index (χ2v) is 6.59. The molecule has 2 fully saturated rings. The van der Waals surface area contributed by atoms with Gasteiger partial charge in [0.2, 0.25) is 0 Å². The van der Waals surface area contributed by atoms with E-state index < -0.39 is 0 Å². The summed E-state index contributed by atoms with van der Waals surface area (Å²) < 4.78 is 10.6. The summed E-state index contributed by atoms with van der Waals surface area (Å²) in [6, 6.07) is 0. The van der Waals surface area contributed by atoms with Crippen LogP contribution in [0.3, 0.4) is 0 Å². The van der Waals surface area contributed by atoms with E-state index in [1.54, 1.807) is 0 Å². The van der Waals surface area contributed by atoms with Gasteiger partial charge in [0, 0.05) is 33.4 Å².